The van der Waals surface area contributed by atoms with Crippen molar-refractivity contribution in [1.82, 2.24) is 15.0 Å². The molecule has 0 aromatic carbocycles. The topological polar surface area (TPSA) is 38.7 Å². The molecule has 3 rings (SSSR count). The molecule has 4 heteroatoms. The maximum atomic E-state index is 4.45. The molecule has 0 aliphatic rings. The molecular weight excluding hydrogens is 206 g/mol. The number of hydrogen-bond acceptors (Lipinski definition) is 4. The third-order valence-electron chi connectivity index (χ3n) is 2.09. The van der Waals surface area contributed by atoms with Crippen molar-refractivity contribution >= 4 is 22.4 Å². The highest BCUT2D eigenvalue weighted by Gasteiger charge is 2.03. The number of thiophene rings is 1. The van der Waals surface area contributed by atoms with Crippen molar-refractivity contribution in [2.24, 2.45) is 0 Å². The molecule has 3 aromatic rings. The van der Waals surface area contributed by atoms with E-state index in [1.165, 1.54) is 0 Å². The van der Waals surface area contributed by atoms with Crippen LogP contribution in [-0.4, -0.2) is 15.0 Å². The molecule has 3 nitrogen and oxygen atoms in total. The maximum absolute atomic E-state index is 4.45. The number of aromatic nitrogens is 3. The van der Waals surface area contributed by atoms with Crippen LogP contribution in [0, 0.1) is 0 Å². The summed E-state index contributed by atoms with van der Waals surface area (Å²) in [5.41, 5.74) is 1.72. The van der Waals surface area contributed by atoms with E-state index >= 15 is 0 Å². The predicted molar refractivity (Wildman–Crippen MR) is 60.6 cm³/mol. The lowest BCUT2D eigenvalue weighted by atomic mass is 10.3. The van der Waals surface area contributed by atoms with E-state index < -0.39 is 0 Å². The molecule has 0 aliphatic carbocycles. The molecule has 15 heavy (non-hydrogen) atoms. The van der Waals surface area contributed by atoms with Gasteiger partial charge in [0.05, 0.1) is 16.6 Å². The van der Waals surface area contributed by atoms with Crippen molar-refractivity contribution in [2.75, 3.05) is 0 Å². The minimum Gasteiger partial charge on any atom is -0.253 e. The summed E-state index contributed by atoms with van der Waals surface area (Å²) in [7, 11) is 0. The summed E-state index contributed by atoms with van der Waals surface area (Å²) < 4.78 is 0. The zero-order chi connectivity index (χ0) is 10.1. The van der Waals surface area contributed by atoms with Gasteiger partial charge in [-0.05, 0) is 23.6 Å². The van der Waals surface area contributed by atoms with E-state index in [-0.39, 0.29) is 0 Å². The summed E-state index contributed by atoms with van der Waals surface area (Å²) in [5.74, 6) is 0.769. The van der Waals surface area contributed by atoms with Gasteiger partial charge >= 0.3 is 0 Å². The van der Waals surface area contributed by atoms with Gasteiger partial charge in [-0.15, -0.1) is 11.3 Å². The van der Waals surface area contributed by atoms with E-state index in [1.54, 1.807) is 23.7 Å². The fourth-order valence-corrected chi connectivity index (χ4v) is 2.06. The van der Waals surface area contributed by atoms with Crippen LogP contribution < -0.4 is 0 Å². The molecule has 0 saturated heterocycles. The Morgan fingerprint density at radius 1 is 1.00 bits per heavy atom. The molecule has 3 aromatic heterocycles. The summed E-state index contributed by atoms with van der Waals surface area (Å²) in [6, 6.07) is 7.84. The molecule has 0 unspecified atom stereocenters. The molecule has 0 bridgehead atoms. The molecule has 0 saturated carbocycles. The van der Waals surface area contributed by atoms with Gasteiger partial charge in [0.25, 0.3) is 0 Å². The fourth-order valence-electron chi connectivity index (χ4n) is 1.39. The molecule has 0 atom stereocenters. The number of pyridine rings is 1. The highest BCUT2D eigenvalue weighted by atomic mass is 32.1. The van der Waals surface area contributed by atoms with Crippen molar-refractivity contribution in [3.63, 3.8) is 0 Å². The number of nitrogens with zero attached hydrogens (tertiary/aromatic N) is 3. The summed E-state index contributed by atoms with van der Waals surface area (Å²) in [5, 5.41) is 2.02. The minimum atomic E-state index is 0.769. The molecule has 72 valence electrons. The average molecular weight is 213 g/mol. The zero-order valence-corrected chi connectivity index (χ0v) is 8.61. The van der Waals surface area contributed by atoms with Gasteiger partial charge in [0.2, 0.25) is 0 Å². The van der Waals surface area contributed by atoms with Gasteiger partial charge in [-0.2, -0.15) is 0 Å². The highest BCUT2D eigenvalue weighted by molar-refractivity contribution is 7.13. The Kier molecular flexibility index (Phi) is 1.93. The first-order valence-electron chi connectivity index (χ1n) is 4.55. The molecule has 0 amide bonds. The first-order valence-corrected chi connectivity index (χ1v) is 5.43. The SMILES string of the molecule is c1csc(-c2ncc3ncccc3n2)c1. The summed E-state index contributed by atoms with van der Waals surface area (Å²) in [4.78, 5) is 14.0. The Morgan fingerprint density at radius 3 is 2.87 bits per heavy atom. The van der Waals surface area contributed by atoms with Gasteiger partial charge in [-0.3, -0.25) is 4.98 Å². The van der Waals surface area contributed by atoms with Gasteiger partial charge in [0.15, 0.2) is 5.82 Å². The Hall–Kier alpha value is -1.81. The average Bonchev–Trinajstić information content (AvgIpc) is 2.82. The van der Waals surface area contributed by atoms with E-state index in [2.05, 4.69) is 15.0 Å². The number of hydrogen-bond donors (Lipinski definition) is 0. The minimum absolute atomic E-state index is 0.769. The van der Waals surface area contributed by atoms with Crippen LogP contribution in [0.5, 0.6) is 0 Å². The molecule has 0 fully saturated rings. The lowest BCUT2D eigenvalue weighted by Crippen LogP contribution is -1.88. The van der Waals surface area contributed by atoms with Crippen molar-refractivity contribution < 1.29 is 0 Å². The van der Waals surface area contributed by atoms with Gasteiger partial charge in [-0.1, -0.05) is 6.07 Å². The lowest BCUT2D eigenvalue weighted by Gasteiger charge is -1.98. The van der Waals surface area contributed by atoms with Crippen LogP contribution >= 0.6 is 11.3 Å². The Bertz CT molecular complexity index is 590. The second kappa shape index (κ2) is 3.40. The Morgan fingerprint density at radius 2 is 2.00 bits per heavy atom. The maximum Gasteiger partial charge on any atom is 0.170 e. The van der Waals surface area contributed by atoms with Crippen molar-refractivity contribution in [2.45, 2.75) is 0 Å². The first-order chi connectivity index (χ1) is 7.43. The van der Waals surface area contributed by atoms with E-state index in [9.17, 15) is 0 Å². The van der Waals surface area contributed by atoms with Crippen LogP contribution in [0.1, 0.15) is 0 Å². The van der Waals surface area contributed by atoms with E-state index in [4.69, 9.17) is 0 Å². The van der Waals surface area contributed by atoms with Crippen LogP contribution in [-0.2, 0) is 0 Å². The van der Waals surface area contributed by atoms with Gasteiger partial charge in [0.1, 0.15) is 5.52 Å². The quantitative estimate of drug-likeness (QED) is 0.624. The van der Waals surface area contributed by atoms with Crippen LogP contribution in [0.25, 0.3) is 21.7 Å². The third kappa shape index (κ3) is 1.49. The largest absolute Gasteiger partial charge is 0.253 e. The fraction of sp³-hybridized carbons (Fsp3) is 0. The van der Waals surface area contributed by atoms with Crippen LogP contribution in [0.2, 0.25) is 0 Å². The van der Waals surface area contributed by atoms with Gasteiger partial charge < -0.3 is 0 Å². The van der Waals surface area contributed by atoms with E-state index in [0.29, 0.717) is 0 Å². The Labute approximate surface area is 90.5 Å². The number of fused-ring (bicyclic) bond motifs is 1. The predicted octanol–water partition coefficient (Wildman–Crippen LogP) is 2.75. The van der Waals surface area contributed by atoms with Crippen LogP contribution in [0.15, 0.2) is 42.0 Å². The molecule has 0 N–H and O–H groups in total. The normalized spacial score (nSPS) is 10.7. The zero-order valence-electron chi connectivity index (χ0n) is 7.79. The molecule has 3 heterocycles. The molecule has 0 radical (unpaired) electrons. The summed E-state index contributed by atoms with van der Waals surface area (Å²) in [6.07, 6.45) is 3.51. The van der Waals surface area contributed by atoms with Crippen molar-refractivity contribution in [3.8, 4) is 10.7 Å². The molecule has 0 spiro atoms. The first kappa shape index (κ1) is 8.49. The van der Waals surface area contributed by atoms with E-state index in [0.717, 1.165) is 21.7 Å². The second-order valence-electron chi connectivity index (χ2n) is 3.08. The monoisotopic (exact) mass is 213 g/mol. The summed E-state index contributed by atoms with van der Waals surface area (Å²) >= 11 is 1.64. The van der Waals surface area contributed by atoms with Crippen molar-refractivity contribution in [1.29, 1.82) is 0 Å². The van der Waals surface area contributed by atoms with Crippen LogP contribution in [0.4, 0.5) is 0 Å². The second-order valence-corrected chi connectivity index (χ2v) is 4.03. The smallest absolute Gasteiger partial charge is 0.170 e. The molecule has 0 aliphatic heterocycles. The standard InChI is InChI=1S/C11H7N3S/c1-3-8-9(12-5-1)7-13-11(14-8)10-4-2-6-15-10/h1-7H. The van der Waals surface area contributed by atoms with Crippen LogP contribution in [0.3, 0.4) is 0 Å². The lowest BCUT2D eigenvalue weighted by molar-refractivity contribution is 1.21. The highest BCUT2D eigenvalue weighted by Crippen LogP contribution is 2.21. The summed E-state index contributed by atoms with van der Waals surface area (Å²) in [6.45, 7) is 0. The van der Waals surface area contributed by atoms with Gasteiger partial charge in [-0.25, -0.2) is 9.97 Å². The number of rotatable bonds is 1. The molecular formula is C11H7N3S. The van der Waals surface area contributed by atoms with E-state index in [1.807, 2.05) is 29.6 Å². The Balaban J connectivity index is 2.22. The third-order valence-corrected chi connectivity index (χ3v) is 2.96. The van der Waals surface area contributed by atoms with Gasteiger partial charge in [0, 0.05) is 6.20 Å². The van der Waals surface area contributed by atoms with Crippen molar-refractivity contribution in [3.05, 3.63) is 42.0 Å².